The van der Waals surface area contributed by atoms with Crippen molar-refractivity contribution in [3.63, 3.8) is 0 Å². The maximum atomic E-state index is 5.25. The smallest absolute Gasteiger partial charge is 0.121 e. The summed E-state index contributed by atoms with van der Waals surface area (Å²) in [4.78, 5) is 0. The normalized spacial score (nSPS) is 10.2. The third kappa shape index (κ3) is 3.04. The summed E-state index contributed by atoms with van der Waals surface area (Å²) >= 11 is 0. The van der Waals surface area contributed by atoms with E-state index in [0.29, 0.717) is 0 Å². The van der Waals surface area contributed by atoms with Gasteiger partial charge in [0.1, 0.15) is 5.75 Å². The lowest BCUT2D eigenvalue weighted by Gasteiger charge is -2.10. The van der Waals surface area contributed by atoms with Gasteiger partial charge in [0.2, 0.25) is 0 Å². The molecule has 0 aliphatic heterocycles. The van der Waals surface area contributed by atoms with Crippen LogP contribution in [0.5, 0.6) is 5.75 Å². The van der Waals surface area contributed by atoms with E-state index in [9.17, 15) is 0 Å². The molecule has 1 N–H and O–H groups in total. The quantitative estimate of drug-likeness (QED) is 0.875. The van der Waals surface area contributed by atoms with Crippen molar-refractivity contribution >= 4 is 5.69 Å². The van der Waals surface area contributed by atoms with E-state index in [1.54, 1.807) is 7.11 Å². The van der Waals surface area contributed by atoms with Crippen molar-refractivity contribution in [2.24, 2.45) is 0 Å². The van der Waals surface area contributed by atoms with Crippen LogP contribution in [-0.4, -0.2) is 7.11 Å². The number of anilines is 1. The van der Waals surface area contributed by atoms with Crippen LogP contribution in [-0.2, 0) is 6.54 Å². The number of aryl methyl sites for hydroxylation is 2. The van der Waals surface area contributed by atoms with Gasteiger partial charge in [-0.1, -0.05) is 29.8 Å². The Morgan fingerprint density at radius 2 is 1.89 bits per heavy atom. The van der Waals surface area contributed by atoms with Crippen LogP contribution in [0.2, 0.25) is 0 Å². The largest absolute Gasteiger partial charge is 0.496 e. The van der Waals surface area contributed by atoms with Gasteiger partial charge < -0.3 is 10.1 Å². The predicted octanol–water partition coefficient (Wildman–Crippen LogP) is 3.92. The molecule has 2 aromatic carbocycles. The Labute approximate surface area is 109 Å². The predicted molar refractivity (Wildman–Crippen MR) is 76.2 cm³/mol. The van der Waals surface area contributed by atoms with Gasteiger partial charge in [0.15, 0.2) is 0 Å². The third-order valence-electron chi connectivity index (χ3n) is 2.97. The van der Waals surface area contributed by atoms with Crippen molar-refractivity contribution in [2.75, 3.05) is 12.4 Å². The number of benzene rings is 2. The molecular weight excluding hydrogens is 222 g/mol. The molecule has 0 unspecified atom stereocenters. The van der Waals surface area contributed by atoms with Crippen molar-refractivity contribution in [3.05, 3.63) is 59.2 Å². The molecule has 0 aliphatic rings. The molecule has 0 radical (unpaired) electrons. The molecule has 18 heavy (non-hydrogen) atoms. The van der Waals surface area contributed by atoms with E-state index in [2.05, 4.69) is 49.5 Å². The van der Waals surface area contributed by atoms with Crippen molar-refractivity contribution in [3.8, 4) is 5.75 Å². The zero-order valence-electron chi connectivity index (χ0n) is 11.2. The molecule has 0 aromatic heterocycles. The minimum absolute atomic E-state index is 0.841. The lowest BCUT2D eigenvalue weighted by Crippen LogP contribution is -2.00. The molecule has 94 valence electrons. The first-order valence-electron chi connectivity index (χ1n) is 6.13. The molecule has 2 aromatic rings. The Kier molecular flexibility index (Phi) is 3.88. The number of rotatable bonds is 4. The van der Waals surface area contributed by atoms with E-state index in [1.807, 2.05) is 12.1 Å². The summed E-state index contributed by atoms with van der Waals surface area (Å²) in [5, 5.41) is 3.42. The molecular formula is C16H19NO. The van der Waals surface area contributed by atoms with Crippen molar-refractivity contribution in [2.45, 2.75) is 20.4 Å². The fraction of sp³-hybridized carbons (Fsp3) is 0.250. The average molecular weight is 241 g/mol. The highest BCUT2D eigenvalue weighted by molar-refractivity contribution is 5.51. The highest BCUT2D eigenvalue weighted by atomic mass is 16.5. The summed E-state index contributed by atoms with van der Waals surface area (Å²) < 4.78 is 5.25. The Morgan fingerprint density at radius 1 is 1.06 bits per heavy atom. The second-order valence-corrected chi connectivity index (χ2v) is 4.53. The second-order valence-electron chi connectivity index (χ2n) is 4.53. The van der Waals surface area contributed by atoms with Gasteiger partial charge in [-0.05, 0) is 43.2 Å². The lowest BCUT2D eigenvalue weighted by molar-refractivity contribution is 0.412. The summed E-state index contributed by atoms with van der Waals surface area (Å²) in [6.45, 7) is 5.01. The van der Waals surface area contributed by atoms with Crippen LogP contribution < -0.4 is 10.1 Å². The molecule has 0 saturated heterocycles. The highest BCUT2D eigenvalue weighted by Gasteiger charge is 2.00. The Morgan fingerprint density at radius 3 is 2.56 bits per heavy atom. The van der Waals surface area contributed by atoms with Gasteiger partial charge in [-0.25, -0.2) is 0 Å². The zero-order valence-corrected chi connectivity index (χ0v) is 11.2. The first-order valence-corrected chi connectivity index (χ1v) is 6.13. The number of nitrogens with one attached hydrogen (secondary N) is 1. The van der Waals surface area contributed by atoms with E-state index in [-0.39, 0.29) is 0 Å². The third-order valence-corrected chi connectivity index (χ3v) is 2.97. The summed E-state index contributed by atoms with van der Waals surface area (Å²) in [6.07, 6.45) is 0. The zero-order chi connectivity index (χ0) is 13.0. The van der Waals surface area contributed by atoms with Crippen LogP contribution in [0.4, 0.5) is 5.69 Å². The van der Waals surface area contributed by atoms with E-state index in [0.717, 1.165) is 23.5 Å². The molecule has 2 heteroatoms. The molecule has 0 amide bonds. The van der Waals surface area contributed by atoms with Gasteiger partial charge in [0.25, 0.3) is 0 Å². The molecule has 0 heterocycles. The molecule has 0 bridgehead atoms. The maximum absolute atomic E-state index is 5.25. The van der Waals surface area contributed by atoms with Gasteiger partial charge in [0, 0.05) is 12.2 Å². The number of ether oxygens (including phenoxy) is 1. The highest BCUT2D eigenvalue weighted by Crippen LogP contribution is 2.21. The van der Waals surface area contributed by atoms with Crippen LogP contribution >= 0.6 is 0 Å². The van der Waals surface area contributed by atoms with Crippen molar-refractivity contribution in [1.82, 2.24) is 0 Å². The van der Waals surface area contributed by atoms with Crippen LogP contribution in [0.1, 0.15) is 16.7 Å². The van der Waals surface area contributed by atoms with Gasteiger partial charge >= 0.3 is 0 Å². The van der Waals surface area contributed by atoms with Crippen LogP contribution in [0.3, 0.4) is 0 Å². The number of methoxy groups -OCH3 is 1. The van der Waals surface area contributed by atoms with Crippen LogP contribution in [0.25, 0.3) is 0 Å². The minimum atomic E-state index is 0.841. The standard InChI is InChI=1S/C16H19NO/c1-12-5-4-6-14(9-12)11-17-15-7-8-16(18-3)13(2)10-15/h4-10,17H,11H2,1-3H3. The number of hydrogen-bond donors (Lipinski definition) is 1. The molecule has 2 rings (SSSR count). The molecule has 0 spiro atoms. The monoisotopic (exact) mass is 241 g/mol. The second kappa shape index (κ2) is 5.58. The molecule has 0 atom stereocenters. The Hall–Kier alpha value is -1.96. The van der Waals surface area contributed by atoms with Crippen molar-refractivity contribution < 1.29 is 4.74 Å². The summed E-state index contributed by atoms with van der Waals surface area (Å²) in [7, 11) is 1.70. The van der Waals surface area contributed by atoms with E-state index in [1.165, 1.54) is 11.1 Å². The van der Waals surface area contributed by atoms with Gasteiger partial charge in [-0.2, -0.15) is 0 Å². The topological polar surface area (TPSA) is 21.3 Å². The first-order chi connectivity index (χ1) is 8.69. The van der Waals surface area contributed by atoms with Crippen molar-refractivity contribution in [1.29, 1.82) is 0 Å². The summed E-state index contributed by atoms with van der Waals surface area (Å²) in [6, 6.07) is 14.7. The summed E-state index contributed by atoms with van der Waals surface area (Å²) in [5.41, 5.74) is 4.85. The molecule has 0 aliphatic carbocycles. The minimum Gasteiger partial charge on any atom is -0.496 e. The summed E-state index contributed by atoms with van der Waals surface area (Å²) in [5.74, 6) is 0.927. The van der Waals surface area contributed by atoms with E-state index >= 15 is 0 Å². The first kappa shape index (κ1) is 12.5. The fourth-order valence-electron chi connectivity index (χ4n) is 2.01. The van der Waals surface area contributed by atoms with Gasteiger partial charge in [0.05, 0.1) is 7.11 Å². The maximum Gasteiger partial charge on any atom is 0.121 e. The van der Waals surface area contributed by atoms with Crippen LogP contribution in [0.15, 0.2) is 42.5 Å². The average Bonchev–Trinajstić information content (AvgIpc) is 2.37. The van der Waals surface area contributed by atoms with Gasteiger partial charge in [-0.3, -0.25) is 0 Å². The van der Waals surface area contributed by atoms with E-state index < -0.39 is 0 Å². The van der Waals surface area contributed by atoms with Crippen LogP contribution in [0, 0.1) is 13.8 Å². The Bertz CT molecular complexity index is 534. The molecule has 2 nitrogen and oxygen atoms in total. The molecule has 0 fully saturated rings. The Balaban J connectivity index is 2.04. The molecule has 0 saturated carbocycles. The van der Waals surface area contributed by atoms with Gasteiger partial charge in [-0.15, -0.1) is 0 Å². The van der Waals surface area contributed by atoms with E-state index in [4.69, 9.17) is 4.74 Å². The number of hydrogen-bond acceptors (Lipinski definition) is 2. The fourth-order valence-corrected chi connectivity index (χ4v) is 2.01. The lowest BCUT2D eigenvalue weighted by atomic mass is 10.1. The SMILES string of the molecule is COc1ccc(NCc2cccc(C)c2)cc1C.